The molecule has 2 aliphatic heterocycles. The van der Waals surface area contributed by atoms with E-state index in [-0.39, 0.29) is 18.3 Å². The summed E-state index contributed by atoms with van der Waals surface area (Å²) in [7, 11) is 0. The van der Waals surface area contributed by atoms with Gasteiger partial charge in [-0.3, -0.25) is 4.79 Å². The number of likely N-dealkylation sites (tertiary alicyclic amines) is 1. The molecule has 0 aromatic carbocycles. The van der Waals surface area contributed by atoms with E-state index < -0.39 is 6.10 Å². The molecule has 0 radical (unpaired) electrons. The highest BCUT2D eigenvalue weighted by Gasteiger charge is 2.32. The van der Waals surface area contributed by atoms with Crippen molar-refractivity contribution in [2.45, 2.75) is 37.8 Å². The van der Waals surface area contributed by atoms with Gasteiger partial charge in [0.2, 0.25) is 0 Å². The van der Waals surface area contributed by atoms with Crippen molar-refractivity contribution in [3.8, 4) is 0 Å². The third kappa shape index (κ3) is 2.83. The summed E-state index contributed by atoms with van der Waals surface area (Å²) in [6.45, 7) is 2.82. The van der Waals surface area contributed by atoms with E-state index in [0.29, 0.717) is 12.5 Å². The van der Waals surface area contributed by atoms with Gasteiger partial charge in [0.1, 0.15) is 6.10 Å². The van der Waals surface area contributed by atoms with E-state index in [2.05, 4.69) is 5.32 Å². The minimum Gasteiger partial charge on any atom is -0.383 e. The lowest BCUT2D eigenvalue weighted by molar-refractivity contribution is -0.147. The zero-order chi connectivity index (χ0) is 9.97. The van der Waals surface area contributed by atoms with Crippen LogP contribution in [-0.2, 0) is 4.79 Å². The first-order valence-corrected chi connectivity index (χ1v) is 5.48. The predicted octanol–water partition coefficient (Wildman–Crippen LogP) is 0.143. The van der Waals surface area contributed by atoms with Crippen LogP contribution < -0.4 is 5.32 Å². The Morgan fingerprint density at radius 2 is 1.93 bits per heavy atom. The lowest BCUT2D eigenvalue weighted by Crippen LogP contribution is -2.52. The van der Waals surface area contributed by atoms with Gasteiger partial charge in [-0.15, -0.1) is 12.4 Å². The molecule has 2 heterocycles. The third-order valence-corrected chi connectivity index (χ3v) is 3.19. The second-order valence-corrected chi connectivity index (χ2v) is 4.17. The monoisotopic (exact) mass is 234 g/mol. The third-order valence-electron chi connectivity index (χ3n) is 3.19. The minimum absolute atomic E-state index is 0. The fraction of sp³-hybridized carbons (Fsp3) is 0.900. The molecule has 2 fully saturated rings. The van der Waals surface area contributed by atoms with Gasteiger partial charge in [-0.25, -0.2) is 0 Å². The number of nitrogens with zero attached hydrogens (tertiary/aromatic N) is 1. The van der Waals surface area contributed by atoms with Crippen LogP contribution in [0.2, 0.25) is 0 Å². The van der Waals surface area contributed by atoms with E-state index in [1.165, 1.54) is 0 Å². The fourth-order valence-corrected chi connectivity index (χ4v) is 2.36. The van der Waals surface area contributed by atoms with E-state index >= 15 is 0 Å². The Morgan fingerprint density at radius 3 is 2.60 bits per heavy atom. The summed E-state index contributed by atoms with van der Waals surface area (Å²) in [5, 5.41) is 12.8. The number of amides is 1. The molecule has 1 unspecified atom stereocenters. The Labute approximate surface area is 96.4 Å². The standard InChI is InChI=1S/C10H18N2O2.ClH/c13-9-2-1-7-12(10(9)14)8-3-5-11-6-4-8;/h8-9,11,13H,1-7H2;1H. The summed E-state index contributed by atoms with van der Waals surface area (Å²) in [6.07, 6.45) is 2.90. The quantitative estimate of drug-likeness (QED) is 0.679. The zero-order valence-corrected chi connectivity index (χ0v) is 9.63. The summed E-state index contributed by atoms with van der Waals surface area (Å²) >= 11 is 0. The average Bonchev–Trinajstić information content (AvgIpc) is 2.23. The van der Waals surface area contributed by atoms with Crippen LogP contribution in [0.25, 0.3) is 0 Å². The van der Waals surface area contributed by atoms with Gasteiger partial charge in [-0.05, 0) is 38.8 Å². The van der Waals surface area contributed by atoms with Crippen molar-refractivity contribution in [3.05, 3.63) is 0 Å². The van der Waals surface area contributed by atoms with Gasteiger partial charge in [0.15, 0.2) is 0 Å². The number of piperidine rings is 2. The smallest absolute Gasteiger partial charge is 0.251 e. The highest BCUT2D eigenvalue weighted by atomic mass is 35.5. The van der Waals surface area contributed by atoms with Crippen LogP contribution >= 0.6 is 12.4 Å². The average molecular weight is 235 g/mol. The molecule has 88 valence electrons. The largest absolute Gasteiger partial charge is 0.383 e. The Kier molecular flexibility index (Phi) is 4.83. The maximum absolute atomic E-state index is 11.7. The van der Waals surface area contributed by atoms with Crippen molar-refractivity contribution in [1.82, 2.24) is 10.2 Å². The molecule has 0 aromatic heterocycles. The Morgan fingerprint density at radius 1 is 1.27 bits per heavy atom. The molecule has 0 bridgehead atoms. The summed E-state index contributed by atoms with van der Waals surface area (Å²) in [5.41, 5.74) is 0. The van der Waals surface area contributed by atoms with Crippen LogP contribution in [-0.4, -0.2) is 47.7 Å². The first-order chi connectivity index (χ1) is 6.79. The van der Waals surface area contributed by atoms with Gasteiger partial charge in [-0.2, -0.15) is 0 Å². The highest BCUT2D eigenvalue weighted by molar-refractivity contribution is 5.85. The molecule has 1 amide bonds. The number of rotatable bonds is 1. The number of hydrogen-bond acceptors (Lipinski definition) is 3. The molecular weight excluding hydrogens is 216 g/mol. The molecule has 0 spiro atoms. The number of carbonyl (C=O) groups is 1. The lowest BCUT2D eigenvalue weighted by atomic mass is 9.99. The van der Waals surface area contributed by atoms with Gasteiger partial charge in [0, 0.05) is 12.6 Å². The molecule has 0 saturated carbocycles. The number of aliphatic hydroxyl groups excluding tert-OH is 1. The van der Waals surface area contributed by atoms with E-state index in [0.717, 1.165) is 38.9 Å². The summed E-state index contributed by atoms with van der Waals surface area (Å²) < 4.78 is 0. The molecule has 2 rings (SSSR count). The molecule has 5 heteroatoms. The second kappa shape index (κ2) is 5.68. The van der Waals surface area contributed by atoms with Crippen molar-refractivity contribution in [2.24, 2.45) is 0 Å². The number of aliphatic hydroxyl groups is 1. The predicted molar refractivity (Wildman–Crippen MR) is 60.1 cm³/mol. The van der Waals surface area contributed by atoms with E-state index in [1.54, 1.807) is 0 Å². The Bertz CT molecular complexity index is 219. The van der Waals surface area contributed by atoms with Gasteiger partial charge in [0.25, 0.3) is 5.91 Å². The van der Waals surface area contributed by atoms with Crippen LogP contribution in [0.3, 0.4) is 0 Å². The lowest BCUT2D eigenvalue weighted by Gasteiger charge is -2.38. The van der Waals surface area contributed by atoms with Crippen LogP contribution in [0.5, 0.6) is 0 Å². The molecule has 4 nitrogen and oxygen atoms in total. The number of hydrogen-bond donors (Lipinski definition) is 2. The molecule has 0 aliphatic carbocycles. The first kappa shape index (κ1) is 12.7. The number of carbonyl (C=O) groups excluding carboxylic acids is 1. The van der Waals surface area contributed by atoms with Crippen LogP contribution in [0.15, 0.2) is 0 Å². The Hall–Kier alpha value is -0.320. The second-order valence-electron chi connectivity index (χ2n) is 4.17. The summed E-state index contributed by atoms with van der Waals surface area (Å²) in [5.74, 6) is -0.0526. The fourth-order valence-electron chi connectivity index (χ4n) is 2.36. The normalized spacial score (nSPS) is 28.7. The molecule has 2 N–H and O–H groups in total. The van der Waals surface area contributed by atoms with Gasteiger partial charge < -0.3 is 15.3 Å². The molecular formula is C10H19ClN2O2. The molecule has 2 saturated heterocycles. The minimum atomic E-state index is -0.737. The van der Waals surface area contributed by atoms with Crippen molar-refractivity contribution in [2.75, 3.05) is 19.6 Å². The van der Waals surface area contributed by atoms with E-state index in [4.69, 9.17) is 0 Å². The van der Waals surface area contributed by atoms with Crippen molar-refractivity contribution >= 4 is 18.3 Å². The van der Waals surface area contributed by atoms with Crippen molar-refractivity contribution < 1.29 is 9.90 Å². The molecule has 15 heavy (non-hydrogen) atoms. The molecule has 2 aliphatic rings. The van der Waals surface area contributed by atoms with E-state index in [1.807, 2.05) is 4.90 Å². The highest BCUT2D eigenvalue weighted by Crippen LogP contribution is 2.19. The topological polar surface area (TPSA) is 52.6 Å². The van der Waals surface area contributed by atoms with Crippen LogP contribution in [0.4, 0.5) is 0 Å². The Balaban J connectivity index is 0.00000112. The van der Waals surface area contributed by atoms with E-state index in [9.17, 15) is 9.90 Å². The number of nitrogens with one attached hydrogen (secondary N) is 1. The van der Waals surface area contributed by atoms with Crippen LogP contribution in [0.1, 0.15) is 25.7 Å². The van der Waals surface area contributed by atoms with Crippen LogP contribution in [0, 0.1) is 0 Å². The van der Waals surface area contributed by atoms with Gasteiger partial charge in [-0.1, -0.05) is 0 Å². The summed E-state index contributed by atoms with van der Waals surface area (Å²) in [4.78, 5) is 13.6. The zero-order valence-electron chi connectivity index (χ0n) is 8.82. The maximum atomic E-state index is 11.7. The molecule has 0 aromatic rings. The molecule has 1 atom stereocenters. The van der Waals surface area contributed by atoms with Gasteiger partial charge >= 0.3 is 0 Å². The van der Waals surface area contributed by atoms with Gasteiger partial charge in [0.05, 0.1) is 0 Å². The van der Waals surface area contributed by atoms with Crippen molar-refractivity contribution in [3.63, 3.8) is 0 Å². The van der Waals surface area contributed by atoms with Crippen molar-refractivity contribution in [1.29, 1.82) is 0 Å². The summed E-state index contributed by atoms with van der Waals surface area (Å²) in [6, 6.07) is 0.360. The SMILES string of the molecule is Cl.O=C1C(O)CCCN1C1CCNCC1. The number of halogens is 1. The maximum Gasteiger partial charge on any atom is 0.251 e. The first-order valence-electron chi connectivity index (χ1n) is 5.48.